The van der Waals surface area contributed by atoms with Crippen molar-refractivity contribution in [3.63, 3.8) is 0 Å². The zero-order valence-electron chi connectivity index (χ0n) is 19.5. The van der Waals surface area contributed by atoms with Crippen molar-refractivity contribution in [3.8, 4) is 17.2 Å². The first-order valence-electron chi connectivity index (χ1n) is 11.1. The second-order valence-electron chi connectivity index (χ2n) is 8.33. The standard InChI is InChI=1S/C28H20ClN5O2/c1-3-18(28(31)36)19-7-6-16(13-17(19)14-30)27(35)25-11-10-24-20(5-4-12-34(24)25)21-8-9-23-22(26(21)29)15-33(2)32-23/h3-13,15H,1-2H3,(H2,31,36). The normalized spacial score (nSPS) is 11.7. The lowest BCUT2D eigenvalue weighted by molar-refractivity contribution is -0.112. The van der Waals surface area contributed by atoms with Crippen molar-refractivity contribution in [2.45, 2.75) is 6.92 Å². The highest BCUT2D eigenvalue weighted by Gasteiger charge is 2.20. The van der Waals surface area contributed by atoms with E-state index < -0.39 is 5.91 Å². The highest BCUT2D eigenvalue weighted by atomic mass is 35.5. The Morgan fingerprint density at radius 2 is 1.92 bits per heavy atom. The number of fused-ring (bicyclic) bond motifs is 2. The van der Waals surface area contributed by atoms with Gasteiger partial charge in [0.25, 0.3) is 0 Å². The second-order valence-corrected chi connectivity index (χ2v) is 8.70. The number of aromatic nitrogens is 3. The first kappa shape index (κ1) is 23.1. The lowest BCUT2D eigenvalue weighted by Crippen LogP contribution is -2.14. The molecule has 0 atom stereocenters. The van der Waals surface area contributed by atoms with E-state index >= 15 is 0 Å². The topological polar surface area (TPSA) is 106 Å². The number of primary amides is 1. The Kier molecular flexibility index (Phi) is 5.67. The van der Waals surface area contributed by atoms with E-state index in [2.05, 4.69) is 11.2 Å². The van der Waals surface area contributed by atoms with Gasteiger partial charge < -0.3 is 10.1 Å². The largest absolute Gasteiger partial charge is 0.366 e. The van der Waals surface area contributed by atoms with Gasteiger partial charge in [0.15, 0.2) is 0 Å². The van der Waals surface area contributed by atoms with Crippen LogP contribution >= 0.6 is 11.6 Å². The number of amides is 1. The Morgan fingerprint density at radius 3 is 2.64 bits per heavy atom. The van der Waals surface area contributed by atoms with Crippen LogP contribution in [-0.4, -0.2) is 25.9 Å². The van der Waals surface area contributed by atoms with E-state index in [1.807, 2.05) is 54.2 Å². The van der Waals surface area contributed by atoms with Gasteiger partial charge in [0.05, 0.1) is 33.4 Å². The summed E-state index contributed by atoms with van der Waals surface area (Å²) in [7, 11) is 1.85. The molecule has 0 spiro atoms. The van der Waals surface area contributed by atoms with Crippen molar-refractivity contribution in [3.05, 3.63) is 100 Å². The highest BCUT2D eigenvalue weighted by Crippen LogP contribution is 2.36. The van der Waals surface area contributed by atoms with Gasteiger partial charge in [-0.15, -0.1) is 0 Å². The minimum absolute atomic E-state index is 0.200. The fourth-order valence-corrected chi connectivity index (χ4v) is 4.84. The number of rotatable bonds is 5. The van der Waals surface area contributed by atoms with Gasteiger partial charge in [-0.2, -0.15) is 10.4 Å². The van der Waals surface area contributed by atoms with Crippen LogP contribution in [0.1, 0.15) is 34.1 Å². The average Bonchev–Trinajstić information content (AvgIpc) is 3.48. The van der Waals surface area contributed by atoms with Gasteiger partial charge in [-0.3, -0.25) is 14.3 Å². The summed E-state index contributed by atoms with van der Waals surface area (Å²) in [4.78, 5) is 25.3. The van der Waals surface area contributed by atoms with Crippen molar-refractivity contribution < 1.29 is 9.59 Å². The minimum Gasteiger partial charge on any atom is -0.366 e. The first-order valence-corrected chi connectivity index (χ1v) is 11.5. The summed E-state index contributed by atoms with van der Waals surface area (Å²) in [5.74, 6) is -0.897. The number of hydrogen-bond acceptors (Lipinski definition) is 4. The van der Waals surface area contributed by atoms with Gasteiger partial charge in [-0.25, -0.2) is 0 Å². The molecule has 5 aromatic rings. The number of halogens is 1. The number of ketones is 1. The maximum atomic E-state index is 13.5. The number of benzene rings is 2. The van der Waals surface area contributed by atoms with Gasteiger partial charge in [0, 0.05) is 52.7 Å². The summed E-state index contributed by atoms with van der Waals surface area (Å²) in [6.07, 6.45) is 5.24. The predicted octanol–water partition coefficient (Wildman–Crippen LogP) is 5.14. The fourth-order valence-electron chi connectivity index (χ4n) is 4.53. The van der Waals surface area contributed by atoms with Crippen LogP contribution in [0.2, 0.25) is 5.02 Å². The molecule has 3 aromatic heterocycles. The molecule has 2 N–H and O–H groups in total. The number of nitrogens with zero attached hydrogens (tertiary/aromatic N) is 4. The number of aryl methyl sites for hydroxylation is 1. The quantitative estimate of drug-likeness (QED) is 0.270. The van der Waals surface area contributed by atoms with Crippen LogP contribution in [0, 0.1) is 11.3 Å². The van der Waals surface area contributed by atoms with Gasteiger partial charge in [-0.1, -0.05) is 41.9 Å². The monoisotopic (exact) mass is 493 g/mol. The Hall–Kier alpha value is -4.67. The van der Waals surface area contributed by atoms with Crippen molar-refractivity contribution >= 4 is 45.3 Å². The molecule has 1 amide bonds. The summed E-state index contributed by atoms with van der Waals surface area (Å²) >= 11 is 6.77. The summed E-state index contributed by atoms with van der Waals surface area (Å²) in [5, 5.41) is 15.5. The second kappa shape index (κ2) is 8.84. The molecule has 0 bridgehead atoms. The highest BCUT2D eigenvalue weighted by molar-refractivity contribution is 6.38. The zero-order valence-corrected chi connectivity index (χ0v) is 20.2. The molecule has 7 nitrogen and oxygen atoms in total. The van der Waals surface area contributed by atoms with Gasteiger partial charge in [0.2, 0.25) is 11.7 Å². The number of carbonyl (C=O) groups excluding carboxylic acids is 2. The number of carbonyl (C=O) groups is 2. The van der Waals surface area contributed by atoms with E-state index in [1.165, 1.54) is 6.07 Å². The van der Waals surface area contributed by atoms with Crippen LogP contribution in [0.15, 0.2) is 73.1 Å². The number of pyridine rings is 1. The molecule has 0 radical (unpaired) electrons. The molecule has 36 heavy (non-hydrogen) atoms. The minimum atomic E-state index is -0.638. The van der Waals surface area contributed by atoms with E-state index in [-0.39, 0.29) is 16.9 Å². The molecule has 0 aliphatic carbocycles. The summed E-state index contributed by atoms with van der Waals surface area (Å²) < 4.78 is 3.53. The fraction of sp³-hybridized carbons (Fsp3) is 0.0714. The molecule has 0 saturated carbocycles. The van der Waals surface area contributed by atoms with Crippen molar-refractivity contribution in [2.24, 2.45) is 12.8 Å². The number of nitrogens with two attached hydrogens (primary N) is 1. The molecular formula is C28H20ClN5O2. The van der Waals surface area contributed by atoms with E-state index in [0.717, 1.165) is 27.5 Å². The lowest BCUT2D eigenvalue weighted by atomic mass is 9.95. The molecule has 2 aromatic carbocycles. The number of hydrogen-bond donors (Lipinski definition) is 1. The van der Waals surface area contributed by atoms with Crippen molar-refractivity contribution in [1.29, 1.82) is 5.26 Å². The van der Waals surface area contributed by atoms with Crippen LogP contribution in [-0.2, 0) is 11.8 Å². The van der Waals surface area contributed by atoms with Gasteiger partial charge >= 0.3 is 0 Å². The zero-order chi connectivity index (χ0) is 25.6. The maximum Gasteiger partial charge on any atom is 0.249 e. The third kappa shape index (κ3) is 3.65. The summed E-state index contributed by atoms with van der Waals surface area (Å²) in [5.41, 5.74) is 10.4. The van der Waals surface area contributed by atoms with Crippen LogP contribution in [0.3, 0.4) is 0 Å². The third-order valence-corrected chi connectivity index (χ3v) is 6.61. The van der Waals surface area contributed by atoms with Crippen LogP contribution in [0.5, 0.6) is 0 Å². The Balaban J connectivity index is 1.60. The van der Waals surface area contributed by atoms with Crippen molar-refractivity contribution in [1.82, 2.24) is 14.2 Å². The Bertz CT molecular complexity index is 1790. The molecule has 0 saturated heterocycles. The molecule has 0 aliphatic rings. The molecule has 3 heterocycles. The molecule has 8 heteroatoms. The van der Waals surface area contributed by atoms with Crippen LogP contribution in [0.4, 0.5) is 0 Å². The lowest BCUT2D eigenvalue weighted by Gasteiger charge is -2.10. The Morgan fingerprint density at radius 1 is 1.11 bits per heavy atom. The number of allylic oxidation sites excluding steroid dienone is 1. The van der Waals surface area contributed by atoms with Gasteiger partial charge in [-0.05, 0) is 37.3 Å². The van der Waals surface area contributed by atoms with E-state index in [4.69, 9.17) is 17.3 Å². The van der Waals surface area contributed by atoms with Crippen LogP contribution < -0.4 is 5.73 Å². The van der Waals surface area contributed by atoms with E-state index in [9.17, 15) is 14.9 Å². The SMILES string of the molecule is CC=C(C(N)=O)c1ccc(C(=O)c2ccc3c(-c4ccc5nn(C)cc5c4Cl)cccn23)cc1C#N. The smallest absolute Gasteiger partial charge is 0.249 e. The summed E-state index contributed by atoms with van der Waals surface area (Å²) in [6.45, 7) is 1.67. The van der Waals surface area contributed by atoms with Crippen LogP contribution in [0.25, 0.3) is 33.1 Å². The maximum absolute atomic E-state index is 13.5. The molecule has 5 rings (SSSR count). The predicted molar refractivity (Wildman–Crippen MR) is 140 cm³/mol. The molecule has 0 fully saturated rings. The molecule has 176 valence electrons. The summed E-state index contributed by atoms with van der Waals surface area (Å²) in [6, 6.07) is 18.0. The van der Waals surface area contributed by atoms with E-state index in [0.29, 0.717) is 21.8 Å². The first-order chi connectivity index (χ1) is 17.3. The van der Waals surface area contributed by atoms with Crippen molar-refractivity contribution in [2.75, 3.05) is 0 Å². The van der Waals surface area contributed by atoms with E-state index in [1.54, 1.807) is 35.9 Å². The molecule has 0 aliphatic heterocycles. The third-order valence-electron chi connectivity index (χ3n) is 6.20. The molecule has 0 unspecified atom stereocenters. The molecular weight excluding hydrogens is 474 g/mol. The number of nitriles is 1. The Labute approximate surface area is 211 Å². The average molecular weight is 494 g/mol. The van der Waals surface area contributed by atoms with Gasteiger partial charge in [0.1, 0.15) is 0 Å².